The molecule has 0 aliphatic carbocycles. The van der Waals surface area contributed by atoms with Gasteiger partial charge in [0.05, 0.1) is 45.1 Å². The minimum Gasteiger partial charge on any atom is -0.399 e. The van der Waals surface area contributed by atoms with Crippen LogP contribution in [0.2, 0.25) is 0 Å². The number of unbranched alkanes of at least 4 members (excludes halogenated alkanes) is 12. The highest BCUT2D eigenvalue weighted by molar-refractivity contribution is 9.10. The SMILES string of the molecule is CC(C)(C)c1ccc(N)cc1.CCCCCCN1C(=O)C2=C(c3ccc(Br)cc3)N(CCCCCC)C(=O)C2=C1c1ccc(Br)cc1.CCCCCCN1C(=O)C2=C(c3ccc(N(C)c4ccc(C(C)(C)C)cc4)cc3)N(CCCCCC)C(=O)C2=C1c1ccc(C)cc1. The fourth-order valence-electron chi connectivity index (χ4n) is 12.7. The van der Waals surface area contributed by atoms with Crippen LogP contribution in [0.25, 0.3) is 22.8 Å². The minimum atomic E-state index is -0.0539. The summed E-state index contributed by atoms with van der Waals surface area (Å²) in [4.78, 5) is 66.7. The standard InChI is InChI=1S/C42H53N3O2.C30H34Br2N2O2.C10H15N/c1-8-10-12-14-28-44-38(31-18-16-30(3)17-19-31)36-37(41(44)47)39(45(40(36)46)29-15-13-11-9-2)32-20-24-34(25-21-32)43(7)35-26-22-33(23-27-35)42(4,5)6;1-3-5-7-9-19-33-27(21-11-15-23(31)16-12-21)25-26(29(33)35)28(22-13-17-24(32)18-14-22)34(30(25)36)20-10-8-6-4-2;1-10(2,3)8-4-6-9(11)7-5-8/h16-27H,8-15,28-29H2,1-7H3;11-18H,3-10,19-20H2,1-2H3;4-7H,11H2,1-3H3. The van der Waals surface area contributed by atoms with Crippen LogP contribution in [0, 0.1) is 6.92 Å². The topological polar surface area (TPSA) is 110 Å². The van der Waals surface area contributed by atoms with Crippen molar-refractivity contribution in [2.24, 2.45) is 0 Å². The van der Waals surface area contributed by atoms with Gasteiger partial charge in [-0.3, -0.25) is 19.2 Å². The molecular weight excluding hydrogens is 1290 g/mol. The lowest BCUT2D eigenvalue weighted by Crippen LogP contribution is -2.31. The van der Waals surface area contributed by atoms with E-state index in [1.54, 1.807) is 0 Å². The average Bonchev–Trinajstić information content (AvgIpc) is 1.57. The van der Waals surface area contributed by atoms with Gasteiger partial charge in [0.25, 0.3) is 23.6 Å². The summed E-state index contributed by atoms with van der Waals surface area (Å²) in [5.41, 5.74) is 21.6. The minimum absolute atomic E-state index is 0.0494. The predicted molar refractivity (Wildman–Crippen MR) is 400 cm³/mol. The highest BCUT2D eigenvalue weighted by Crippen LogP contribution is 2.49. The van der Waals surface area contributed by atoms with Crippen LogP contribution in [0.1, 0.15) is 211 Å². The maximum atomic E-state index is 14.4. The average molecular weight is 1400 g/mol. The van der Waals surface area contributed by atoms with Gasteiger partial charge in [-0.2, -0.15) is 0 Å². The van der Waals surface area contributed by atoms with Crippen LogP contribution in [-0.2, 0) is 30.0 Å². The molecule has 0 radical (unpaired) electrons. The lowest BCUT2D eigenvalue weighted by atomic mass is 9.87. The summed E-state index contributed by atoms with van der Waals surface area (Å²) in [6.45, 7) is 26.5. The zero-order chi connectivity index (χ0) is 67.9. The molecule has 4 aliphatic heterocycles. The third-order valence-electron chi connectivity index (χ3n) is 18.3. The van der Waals surface area contributed by atoms with Crippen molar-refractivity contribution >= 4 is 95.3 Å². The van der Waals surface area contributed by atoms with E-state index in [1.807, 2.05) is 80.3 Å². The normalized spacial score (nSPS) is 14.8. The second-order valence-corrected chi connectivity index (χ2v) is 29.5. The molecule has 4 heterocycles. The van der Waals surface area contributed by atoms with Crippen LogP contribution in [0.4, 0.5) is 17.1 Å². The molecule has 10 rings (SSSR count). The number of anilines is 3. The first-order chi connectivity index (χ1) is 45.0. The molecule has 4 amide bonds. The maximum absolute atomic E-state index is 14.4. The number of hydrogen-bond donors (Lipinski definition) is 1. The molecule has 0 atom stereocenters. The van der Waals surface area contributed by atoms with Crippen molar-refractivity contribution in [3.63, 3.8) is 0 Å². The molecule has 0 aromatic heterocycles. The van der Waals surface area contributed by atoms with Crippen LogP contribution in [0.15, 0.2) is 177 Å². The smallest absolute Gasteiger partial charge is 0.261 e. The first kappa shape index (κ1) is 72.5. The number of nitrogens with zero attached hydrogens (tertiary/aromatic N) is 5. The Labute approximate surface area is 579 Å². The molecule has 2 N–H and O–H groups in total. The Morgan fingerprint density at radius 2 is 0.596 bits per heavy atom. The molecule has 0 unspecified atom stereocenters. The molecule has 6 aromatic rings. The van der Waals surface area contributed by atoms with Gasteiger partial charge in [0.1, 0.15) is 0 Å². The molecule has 12 heteroatoms. The van der Waals surface area contributed by atoms with Gasteiger partial charge in [-0.25, -0.2) is 0 Å². The third-order valence-corrected chi connectivity index (χ3v) is 19.3. The highest BCUT2D eigenvalue weighted by atomic mass is 79.9. The van der Waals surface area contributed by atoms with E-state index in [1.165, 1.54) is 11.1 Å². The molecule has 0 saturated heterocycles. The second-order valence-electron chi connectivity index (χ2n) is 27.6. The summed E-state index contributed by atoms with van der Waals surface area (Å²) in [5, 5.41) is 0. The lowest BCUT2D eigenvalue weighted by molar-refractivity contribution is -0.124. The largest absolute Gasteiger partial charge is 0.399 e. The molecule has 4 aliphatic rings. The number of rotatable bonds is 26. The summed E-state index contributed by atoms with van der Waals surface area (Å²) in [5.74, 6) is -0.207. The first-order valence-electron chi connectivity index (χ1n) is 34.7. The number of halogens is 2. The van der Waals surface area contributed by atoms with E-state index in [9.17, 15) is 19.2 Å². The number of amides is 4. The van der Waals surface area contributed by atoms with Gasteiger partial charge < -0.3 is 30.2 Å². The molecule has 94 heavy (non-hydrogen) atoms. The monoisotopic (exact) mass is 1390 g/mol. The third kappa shape index (κ3) is 17.4. The van der Waals surface area contributed by atoms with Crippen molar-refractivity contribution in [3.05, 3.63) is 216 Å². The van der Waals surface area contributed by atoms with E-state index in [2.05, 4.69) is 205 Å². The number of carbonyl (C=O) groups excluding carboxylic acids is 4. The number of nitrogens with two attached hydrogens (primary N) is 1. The maximum Gasteiger partial charge on any atom is 0.261 e. The van der Waals surface area contributed by atoms with Gasteiger partial charge in [0.15, 0.2) is 0 Å². The Bertz CT molecular complexity index is 3610. The second kappa shape index (κ2) is 33.4. The van der Waals surface area contributed by atoms with Crippen molar-refractivity contribution in [2.45, 2.75) is 190 Å². The lowest BCUT2D eigenvalue weighted by Gasteiger charge is -2.26. The van der Waals surface area contributed by atoms with Crippen molar-refractivity contribution in [3.8, 4) is 0 Å². The Balaban J connectivity index is 0.000000212. The fourth-order valence-corrected chi connectivity index (χ4v) is 13.2. The molecule has 10 nitrogen and oxygen atoms in total. The molecule has 6 aromatic carbocycles. The molecule has 0 spiro atoms. The van der Waals surface area contributed by atoms with Crippen LogP contribution in [0.3, 0.4) is 0 Å². The zero-order valence-electron chi connectivity index (χ0n) is 58.2. The van der Waals surface area contributed by atoms with E-state index >= 15 is 0 Å². The van der Waals surface area contributed by atoms with Gasteiger partial charge >= 0.3 is 0 Å². The van der Waals surface area contributed by atoms with Crippen LogP contribution in [-0.4, -0.2) is 76.5 Å². The quantitative estimate of drug-likeness (QED) is 0.0428. The van der Waals surface area contributed by atoms with Gasteiger partial charge in [-0.05, 0) is 137 Å². The Hall–Kier alpha value is -7.28. The Morgan fingerprint density at radius 1 is 0.351 bits per heavy atom. The van der Waals surface area contributed by atoms with Crippen molar-refractivity contribution in [1.82, 2.24) is 19.6 Å². The summed E-state index contributed by atoms with van der Waals surface area (Å²) >= 11 is 7.04. The van der Waals surface area contributed by atoms with Gasteiger partial charge in [0, 0.05) is 59.2 Å². The van der Waals surface area contributed by atoms with Crippen molar-refractivity contribution in [1.29, 1.82) is 0 Å². The zero-order valence-corrected chi connectivity index (χ0v) is 61.4. The summed E-state index contributed by atoms with van der Waals surface area (Å²) in [6.07, 6.45) is 17.0. The van der Waals surface area contributed by atoms with E-state index in [-0.39, 0.29) is 34.5 Å². The molecule has 0 saturated carbocycles. The first-order valence-corrected chi connectivity index (χ1v) is 36.3. The number of aryl methyl sites for hydroxylation is 1. The molecule has 0 bridgehead atoms. The Kier molecular flexibility index (Phi) is 25.8. The summed E-state index contributed by atoms with van der Waals surface area (Å²) in [6, 6.07) is 49.3. The summed E-state index contributed by atoms with van der Waals surface area (Å²) < 4.78 is 1.94. The number of fused-ring (bicyclic) bond motifs is 2. The van der Waals surface area contributed by atoms with E-state index in [0.717, 1.165) is 179 Å². The van der Waals surface area contributed by atoms with Crippen LogP contribution < -0.4 is 10.6 Å². The molecular formula is C82H102Br2N6O4. The van der Waals surface area contributed by atoms with Gasteiger partial charge in [-0.15, -0.1) is 0 Å². The van der Waals surface area contributed by atoms with Crippen molar-refractivity contribution < 1.29 is 19.2 Å². The van der Waals surface area contributed by atoms with E-state index in [4.69, 9.17) is 5.73 Å². The van der Waals surface area contributed by atoms with Crippen LogP contribution >= 0.6 is 31.9 Å². The molecule has 498 valence electrons. The van der Waals surface area contributed by atoms with Crippen molar-refractivity contribution in [2.75, 3.05) is 43.9 Å². The Morgan fingerprint density at radius 3 is 0.862 bits per heavy atom. The van der Waals surface area contributed by atoms with E-state index < -0.39 is 0 Å². The van der Waals surface area contributed by atoms with Gasteiger partial charge in [-0.1, -0.05) is 269 Å². The predicted octanol–water partition coefficient (Wildman–Crippen LogP) is 20.8. The fraction of sp³-hybridized carbons (Fsp3) is 0.415. The van der Waals surface area contributed by atoms with Gasteiger partial charge in [0.2, 0.25) is 0 Å². The van der Waals surface area contributed by atoms with E-state index in [0.29, 0.717) is 48.5 Å². The highest BCUT2D eigenvalue weighted by Gasteiger charge is 2.50. The number of benzene rings is 6. The number of nitrogen functional groups attached to an aromatic ring is 1. The number of carbonyl (C=O) groups is 4. The summed E-state index contributed by atoms with van der Waals surface area (Å²) in [7, 11) is 2.08. The number of hydrogen-bond acceptors (Lipinski definition) is 6. The molecule has 0 fully saturated rings. The van der Waals surface area contributed by atoms with Crippen LogP contribution in [0.5, 0.6) is 0 Å².